The van der Waals surface area contributed by atoms with Crippen LogP contribution in [-0.2, 0) is 4.74 Å². The highest BCUT2D eigenvalue weighted by Crippen LogP contribution is 2.00. The van der Waals surface area contributed by atoms with E-state index in [0.29, 0.717) is 10.8 Å². The molecular weight excluding hydrogens is 193 g/mol. The minimum absolute atomic E-state index is 0.0806. The zero-order valence-corrected chi connectivity index (χ0v) is 7.36. The van der Waals surface area contributed by atoms with Crippen molar-refractivity contribution < 1.29 is 13.9 Å². The van der Waals surface area contributed by atoms with E-state index in [9.17, 15) is 14.0 Å². The maximum atomic E-state index is 12.8. The number of nitrogens with zero attached hydrogens (tertiary/aromatic N) is 2. The van der Waals surface area contributed by atoms with Crippen molar-refractivity contribution in [2.75, 3.05) is 12.3 Å². The lowest BCUT2D eigenvalue weighted by Crippen LogP contribution is -2.30. The number of aromatic nitrogens is 2. The standard InChI is InChI=1S/C7H8FN3O3/c1-2-14-7(13)11-3-4(8)5(9)10-6(11)12/h3H,2H2,1H3,(H2,9,10,12). The number of nitrogens with two attached hydrogens (primary N) is 1. The minimum atomic E-state index is -0.983. The molecule has 7 heteroatoms. The van der Waals surface area contributed by atoms with Gasteiger partial charge in [-0.15, -0.1) is 0 Å². The van der Waals surface area contributed by atoms with Crippen molar-refractivity contribution >= 4 is 11.9 Å². The van der Waals surface area contributed by atoms with E-state index < -0.39 is 23.4 Å². The first-order valence-corrected chi connectivity index (χ1v) is 3.78. The number of carbonyl (C=O) groups excluding carboxylic acids is 1. The number of halogens is 1. The number of anilines is 1. The molecule has 1 heterocycles. The van der Waals surface area contributed by atoms with Crippen LogP contribution in [0.4, 0.5) is 15.0 Å². The smallest absolute Gasteiger partial charge is 0.422 e. The molecule has 2 N–H and O–H groups in total. The lowest BCUT2D eigenvalue weighted by atomic mass is 10.5. The van der Waals surface area contributed by atoms with Gasteiger partial charge >= 0.3 is 11.8 Å². The minimum Gasteiger partial charge on any atom is -0.449 e. The molecular formula is C7H8FN3O3. The Hall–Kier alpha value is -1.92. The van der Waals surface area contributed by atoms with Gasteiger partial charge < -0.3 is 10.5 Å². The van der Waals surface area contributed by atoms with Crippen molar-refractivity contribution in [2.45, 2.75) is 6.92 Å². The Balaban J connectivity index is 3.16. The van der Waals surface area contributed by atoms with E-state index in [1.807, 2.05) is 0 Å². The highest BCUT2D eigenvalue weighted by molar-refractivity contribution is 5.70. The number of hydrogen-bond donors (Lipinski definition) is 1. The van der Waals surface area contributed by atoms with Gasteiger partial charge in [-0.05, 0) is 6.92 Å². The molecule has 0 unspecified atom stereocenters. The second-order valence-corrected chi connectivity index (χ2v) is 2.33. The molecule has 6 nitrogen and oxygen atoms in total. The van der Waals surface area contributed by atoms with Crippen LogP contribution in [0, 0.1) is 5.82 Å². The quantitative estimate of drug-likeness (QED) is 0.689. The van der Waals surface area contributed by atoms with Gasteiger partial charge in [0.15, 0.2) is 11.6 Å². The number of ether oxygens (including phenoxy) is 1. The van der Waals surface area contributed by atoms with Crippen molar-refractivity contribution in [3.05, 3.63) is 22.5 Å². The van der Waals surface area contributed by atoms with Gasteiger partial charge in [0, 0.05) is 0 Å². The Morgan fingerprint density at radius 1 is 1.79 bits per heavy atom. The fraction of sp³-hybridized carbons (Fsp3) is 0.286. The normalized spacial score (nSPS) is 9.86. The molecule has 1 aromatic heterocycles. The zero-order chi connectivity index (χ0) is 10.7. The molecule has 0 spiro atoms. The molecule has 1 aromatic rings. The summed E-state index contributed by atoms with van der Waals surface area (Å²) in [5.41, 5.74) is 4.04. The molecule has 0 saturated carbocycles. The van der Waals surface area contributed by atoms with E-state index in [1.54, 1.807) is 6.92 Å². The van der Waals surface area contributed by atoms with Crippen molar-refractivity contribution in [3.8, 4) is 0 Å². The predicted molar refractivity (Wildman–Crippen MR) is 45.3 cm³/mol. The Kier molecular flexibility index (Phi) is 2.80. The topological polar surface area (TPSA) is 87.2 Å². The second kappa shape index (κ2) is 3.86. The summed E-state index contributed by atoms with van der Waals surface area (Å²) in [6.45, 7) is 1.64. The third kappa shape index (κ3) is 1.87. The van der Waals surface area contributed by atoms with Crippen LogP contribution in [0.3, 0.4) is 0 Å². The maximum Gasteiger partial charge on any atom is 0.422 e. The summed E-state index contributed by atoms with van der Waals surface area (Å²) in [6.07, 6.45) is -0.341. The zero-order valence-electron chi connectivity index (χ0n) is 7.36. The Labute approximate surface area is 78.1 Å². The molecule has 0 aliphatic heterocycles. The van der Waals surface area contributed by atoms with Gasteiger partial charge in [-0.25, -0.2) is 14.0 Å². The van der Waals surface area contributed by atoms with Gasteiger partial charge in [-0.3, -0.25) is 0 Å². The van der Waals surface area contributed by atoms with Crippen LogP contribution in [-0.4, -0.2) is 22.3 Å². The summed E-state index contributed by atoms with van der Waals surface area (Å²) >= 11 is 0. The van der Waals surface area contributed by atoms with Gasteiger partial charge in [0.25, 0.3) is 0 Å². The van der Waals surface area contributed by atoms with Gasteiger partial charge in [0.2, 0.25) is 0 Å². The van der Waals surface area contributed by atoms with Crippen molar-refractivity contribution in [2.24, 2.45) is 0 Å². The lowest BCUT2D eigenvalue weighted by molar-refractivity contribution is 0.152. The van der Waals surface area contributed by atoms with Crippen molar-refractivity contribution in [1.82, 2.24) is 9.55 Å². The first-order valence-electron chi connectivity index (χ1n) is 3.78. The van der Waals surface area contributed by atoms with Crippen LogP contribution in [0.5, 0.6) is 0 Å². The summed E-state index contributed by atoms with van der Waals surface area (Å²) in [5, 5.41) is 0. The number of hydrogen-bond acceptors (Lipinski definition) is 5. The molecule has 76 valence electrons. The summed E-state index contributed by atoms with van der Waals surface area (Å²) in [5.74, 6) is -1.49. The van der Waals surface area contributed by atoms with Gasteiger partial charge in [-0.1, -0.05) is 0 Å². The fourth-order valence-electron chi connectivity index (χ4n) is 0.769. The molecule has 0 amide bonds. The monoisotopic (exact) mass is 201 g/mol. The molecule has 1 rings (SSSR count). The van der Waals surface area contributed by atoms with E-state index in [2.05, 4.69) is 9.72 Å². The van der Waals surface area contributed by atoms with E-state index in [-0.39, 0.29) is 6.61 Å². The third-order valence-electron chi connectivity index (χ3n) is 1.37. The Bertz CT molecular complexity index is 415. The van der Waals surface area contributed by atoms with Crippen molar-refractivity contribution in [1.29, 1.82) is 0 Å². The average molecular weight is 201 g/mol. The van der Waals surface area contributed by atoms with Gasteiger partial charge in [0.05, 0.1) is 12.8 Å². The summed E-state index contributed by atoms with van der Waals surface area (Å²) < 4.78 is 17.7. The summed E-state index contributed by atoms with van der Waals surface area (Å²) in [7, 11) is 0. The third-order valence-corrected chi connectivity index (χ3v) is 1.37. The molecule has 0 saturated heterocycles. The Morgan fingerprint density at radius 2 is 2.43 bits per heavy atom. The molecule has 0 radical (unpaired) electrons. The van der Waals surface area contributed by atoms with Crippen LogP contribution in [0.1, 0.15) is 6.92 Å². The first-order chi connectivity index (χ1) is 6.56. The summed E-state index contributed by atoms with van der Waals surface area (Å²) in [4.78, 5) is 25.1. The molecule has 14 heavy (non-hydrogen) atoms. The lowest BCUT2D eigenvalue weighted by Gasteiger charge is -2.03. The van der Waals surface area contributed by atoms with Crippen LogP contribution in [0.2, 0.25) is 0 Å². The molecule has 0 atom stereocenters. The average Bonchev–Trinajstić information content (AvgIpc) is 2.11. The molecule has 0 bridgehead atoms. The molecule has 0 aliphatic carbocycles. The number of carbonyl (C=O) groups is 1. The van der Waals surface area contributed by atoms with E-state index in [0.717, 1.165) is 0 Å². The Morgan fingerprint density at radius 3 is 3.00 bits per heavy atom. The fourth-order valence-corrected chi connectivity index (χ4v) is 0.769. The van der Waals surface area contributed by atoms with E-state index in [4.69, 9.17) is 5.73 Å². The van der Waals surface area contributed by atoms with Crippen LogP contribution in [0.25, 0.3) is 0 Å². The summed E-state index contributed by atoms with van der Waals surface area (Å²) in [6, 6.07) is 0. The van der Waals surface area contributed by atoms with Crippen LogP contribution < -0.4 is 11.4 Å². The maximum absolute atomic E-state index is 12.8. The van der Waals surface area contributed by atoms with Crippen LogP contribution in [0.15, 0.2) is 11.0 Å². The number of nitrogen functional groups attached to an aromatic ring is 1. The molecule has 0 aromatic carbocycles. The molecule has 0 aliphatic rings. The highest BCUT2D eigenvalue weighted by atomic mass is 19.1. The van der Waals surface area contributed by atoms with Crippen LogP contribution >= 0.6 is 0 Å². The molecule has 0 fully saturated rings. The van der Waals surface area contributed by atoms with Gasteiger partial charge in [0.1, 0.15) is 0 Å². The number of rotatable bonds is 1. The van der Waals surface area contributed by atoms with Crippen molar-refractivity contribution in [3.63, 3.8) is 0 Å². The van der Waals surface area contributed by atoms with E-state index in [1.165, 1.54) is 0 Å². The second-order valence-electron chi connectivity index (χ2n) is 2.33. The highest BCUT2D eigenvalue weighted by Gasteiger charge is 2.11. The van der Waals surface area contributed by atoms with E-state index >= 15 is 0 Å². The SMILES string of the molecule is CCOC(=O)n1cc(F)c(N)nc1=O. The predicted octanol–water partition coefficient (Wildman–Crippen LogP) is -0.0308. The largest absolute Gasteiger partial charge is 0.449 e. The first kappa shape index (κ1) is 10.2. The van der Waals surface area contributed by atoms with Gasteiger partial charge in [-0.2, -0.15) is 9.55 Å².